The highest BCUT2D eigenvalue weighted by Crippen LogP contribution is 2.29. The fourth-order valence-corrected chi connectivity index (χ4v) is 3.62. The van der Waals surface area contributed by atoms with Gasteiger partial charge in [-0.15, -0.1) is 11.3 Å². The molecule has 0 aliphatic carbocycles. The molecule has 0 fully saturated rings. The lowest BCUT2D eigenvalue weighted by molar-refractivity contribution is 0.0602. The van der Waals surface area contributed by atoms with Gasteiger partial charge in [-0.3, -0.25) is 0 Å². The maximum atomic E-state index is 11.7. The average Bonchev–Trinajstić information content (AvgIpc) is 2.81. The Balaban J connectivity index is 2.14. The molecule has 0 aliphatic heterocycles. The van der Waals surface area contributed by atoms with Crippen molar-refractivity contribution in [3.05, 3.63) is 44.2 Å². The fraction of sp³-hybridized carbons (Fsp3) is 0.143. The molecule has 0 aliphatic rings. The molecular weight excluding hydrogens is 408 g/mol. The third kappa shape index (κ3) is 4.19. The van der Waals surface area contributed by atoms with E-state index in [9.17, 15) is 4.79 Å². The molecule has 8 heteroatoms. The first-order valence-corrected chi connectivity index (χ1v) is 8.52. The van der Waals surface area contributed by atoms with Gasteiger partial charge in [-0.2, -0.15) is 0 Å². The summed E-state index contributed by atoms with van der Waals surface area (Å²) < 4.78 is 5.64. The Bertz CT molecular complexity index is 734. The van der Waals surface area contributed by atoms with Crippen molar-refractivity contribution in [2.24, 2.45) is 0 Å². The number of aryl methyl sites for hydroxylation is 1. The normalized spacial score (nSPS) is 10.2. The summed E-state index contributed by atoms with van der Waals surface area (Å²) in [5.41, 5.74) is 1.13. The van der Waals surface area contributed by atoms with Gasteiger partial charge in [0.2, 0.25) is 0 Å². The number of esters is 1. The molecule has 0 atom stereocenters. The first-order valence-electron chi connectivity index (χ1n) is 6.12. The lowest BCUT2D eigenvalue weighted by atomic mass is 10.3. The third-order valence-corrected chi connectivity index (χ3v) is 4.64. The second-order valence-electron chi connectivity index (χ2n) is 4.29. The number of rotatable bonds is 3. The first kappa shape index (κ1) is 17.2. The molecular formula is C14H12BrClN2O2S2. The monoisotopic (exact) mass is 418 g/mol. The standard InChI is InChI=1S/C14H12BrClN2O2S2/c1-7-5-9(13(19)20-2)12(22-7)18-14(21)17-11-4-3-8(15)6-10(11)16/h3-6H,1-2H3,(H2,17,18,21). The van der Waals surface area contributed by atoms with E-state index in [2.05, 4.69) is 26.6 Å². The number of anilines is 2. The summed E-state index contributed by atoms with van der Waals surface area (Å²) in [6, 6.07) is 7.18. The van der Waals surface area contributed by atoms with E-state index in [0.717, 1.165) is 9.35 Å². The molecule has 0 unspecified atom stereocenters. The Morgan fingerprint density at radius 1 is 1.36 bits per heavy atom. The molecule has 0 saturated heterocycles. The number of carbonyl (C=O) groups is 1. The van der Waals surface area contributed by atoms with Crippen LogP contribution in [-0.2, 0) is 4.74 Å². The quantitative estimate of drug-likeness (QED) is 0.537. The molecule has 2 aromatic rings. The Labute approximate surface area is 150 Å². The number of halogens is 2. The minimum atomic E-state index is -0.406. The summed E-state index contributed by atoms with van der Waals surface area (Å²) >= 11 is 16.2. The topological polar surface area (TPSA) is 50.4 Å². The highest BCUT2D eigenvalue weighted by atomic mass is 79.9. The van der Waals surface area contributed by atoms with Crippen LogP contribution in [0.3, 0.4) is 0 Å². The summed E-state index contributed by atoms with van der Waals surface area (Å²) in [4.78, 5) is 12.7. The predicted molar refractivity (Wildman–Crippen MR) is 99.4 cm³/mol. The fourth-order valence-electron chi connectivity index (χ4n) is 1.72. The highest BCUT2D eigenvalue weighted by Gasteiger charge is 2.16. The lowest BCUT2D eigenvalue weighted by Gasteiger charge is -2.11. The van der Waals surface area contributed by atoms with Gasteiger partial charge in [0.25, 0.3) is 0 Å². The zero-order chi connectivity index (χ0) is 16.3. The molecule has 0 spiro atoms. The van der Waals surface area contributed by atoms with Crippen molar-refractivity contribution in [1.29, 1.82) is 0 Å². The maximum absolute atomic E-state index is 11.7. The van der Waals surface area contributed by atoms with E-state index in [1.807, 2.05) is 13.0 Å². The number of nitrogens with one attached hydrogen (secondary N) is 2. The maximum Gasteiger partial charge on any atom is 0.340 e. The van der Waals surface area contributed by atoms with Crippen LogP contribution in [0.25, 0.3) is 0 Å². The molecule has 2 rings (SSSR count). The first-order chi connectivity index (χ1) is 10.4. The smallest absolute Gasteiger partial charge is 0.340 e. The second-order valence-corrected chi connectivity index (χ2v) is 7.28. The van der Waals surface area contributed by atoms with Crippen molar-refractivity contribution >= 4 is 72.9 Å². The molecule has 4 nitrogen and oxygen atoms in total. The molecule has 0 saturated carbocycles. The molecule has 1 aromatic heterocycles. The van der Waals surface area contributed by atoms with Crippen LogP contribution in [0.1, 0.15) is 15.2 Å². The number of methoxy groups -OCH3 is 1. The molecule has 2 N–H and O–H groups in total. The van der Waals surface area contributed by atoms with Gasteiger partial charge < -0.3 is 15.4 Å². The van der Waals surface area contributed by atoms with Crippen LogP contribution in [0.15, 0.2) is 28.7 Å². The minimum Gasteiger partial charge on any atom is -0.465 e. The minimum absolute atomic E-state index is 0.344. The Kier molecular flexibility index (Phi) is 5.80. The van der Waals surface area contributed by atoms with E-state index in [0.29, 0.717) is 26.4 Å². The van der Waals surface area contributed by atoms with E-state index >= 15 is 0 Å². The summed E-state index contributed by atoms with van der Waals surface area (Å²) in [7, 11) is 1.34. The van der Waals surface area contributed by atoms with Crippen molar-refractivity contribution in [2.45, 2.75) is 6.92 Å². The molecule has 0 radical (unpaired) electrons. The van der Waals surface area contributed by atoms with Gasteiger partial charge in [0.15, 0.2) is 5.11 Å². The van der Waals surface area contributed by atoms with Gasteiger partial charge >= 0.3 is 5.97 Å². The number of thiophene rings is 1. The van der Waals surface area contributed by atoms with E-state index in [1.54, 1.807) is 18.2 Å². The molecule has 1 aromatic carbocycles. The summed E-state index contributed by atoms with van der Waals surface area (Å²) in [6.45, 7) is 1.91. The highest BCUT2D eigenvalue weighted by molar-refractivity contribution is 9.10. The van der Waals surface area contributed by atoms with Gasteiger partial charge in [-0.05, 0) is 43.4 Å². The van der Waals surface area contributed by atoms with Crippen molar-refractivity contribution in [1.82, 2.24) is 0 Å². The van der Waals surface area contributed by atoms with Crippen LogP contribution in [0, 0.1) is 6.92 Å². The number of thiocarbonyl (C=S) groups is 1. The number of hydrogen-bond acceptors (Lipinski definition) is 4. The van der Waals surface area contributed by atoms with E-state index in [-0.39, 0.29) is 0 Å². The van der Waals surface area contributed by atoms with E-state index < -0.39 is 5.97 Å². The average molecular weight is 420 g/mol. The number of hydrogen-bond donors (Lipinski definition) is 2. The lowest BCUT2D eigenvalue weighted by Crippen LogP contribution is -2.20. The van der Waals surface area contributed by atoms with Crippen LogP contribution >= 0.6 is 51.1 Å². The van der Waals surface area contributed by atoms with Crippen molar-refractivity contribution in [3.63, 3.8) is 0 Å². The van der Waals surface area contributed by atoms with Gasteiger partial charge in [-0.1, -0.05) is 27.5 Å². The van der Waals surface area contributed by atoms with E-state index in [4.69, 9.17) is 28.6 Å². The van der Waals surface area contributed by atoms with Crippen LogP contribution in [0.5, 0.6) is 0 Å². The third-order valence-electron chi connectivity index (χ3n) is 2.67. The Hall–Kier alpha value is -1.15. The van der Waals surface area contributed by atoms with Crippen molar-refractivity contribution < 1.29 is 9.53 Å². The van der Waals surface area contributed by atoms with Crippen molar-refractivity contribution in [3.8, 4) is 0 Å². The summed E-state index contributed by atoms with van der Waals surface area (Å²) in [5, 5.41) is 7.52. The number of benzene rings is 1. The van der Waals surface area contributed by atoms with Gasteiger partial charge in [0, 0.05) is 9.35 Å². The Morgan fingerprint density at radius 3 is 2.73 bits per heavy atom. The zero-order valence-corrected chi connectivity index (χ0v) is 15.7. The summed E-state index contributed by atoms with van der Waals surface area (Å²) in [6.07, 6.45) is 0. The number of ether oxygens (including phenoxy) is 1. The van der Waals surface area contributed by atoms with Crippen molar-refractivity contribution in [2.75, 3.05) is 17.7 Å². The van der Waals surface area contributed by atoms with E-state index in [1.165, 1.54) is 18.4 Å². The number of carbonyl (C=O) groups excluding carboxylic acids is 1. The zero-order valence-electron chi connectivity index (χ0n) is 11.7. The van der Waals surface area contributed by atoms with Gasteiger partial charge in [0.1, 0.15) is 5.00 Å². The Morgan fingerprint density at radius 2 is 2.09 bits per heavy atom. The van der Waals surface area contributed by atoms with Crippen LogP contribution in [0.2, 0.25) is 5.02 Å². The van der Waals surface area contributed by atoms with Crippen LogP contribution in [-0.4, -0.2) is 18.2 Å². The largest absolute Gasteiger partial charge is 0.465 e. The molecule has 116 valence electrons. The predicted octanol–water partition coefficient (Wildman–Crippen LogP) is 5.07. The SMILES string of the molecule is COC(=O)c1cc(C)sc1NC(=S)Nc1ccc(Br)cc1Cl. The molecule has 22 heavy (non-hydrogen) atoms. The van der Waals surface area contributed by atoms with Gasteiger partial charge in [-0.25, -0.2) is 4.79 Å². The van der Waals surface area contributed by atoms with Crippen LogP contribution < -0.4 is 10.6 Å². The summed E-state index contributed by atoms with van der Waals surface area (Å²) in [5.74, 6) is -0.406. The molecule has 0 bridgehead atoms. The van der Waals surface area contributed by atoms with Gasteiger partial charge in [0.05, 0.1) is 23.4 Å². The molecule has 0 amide bonds. The van der Waals surface area contributed by atoms with Crippen LogP contribution in [0.4, 0.5) is 10.7 Å². The molecule has 1 heterocycles. The second kappa shape index (κ2) is 7.41.